The number of thiazole rings is 1. The van der Waals surface area contributed by atoms with Gasteiger partial charge < -0.3 is 20.7 Å². The Morgan fingerprint density at radius 2 is 2.16 bits per heavy atom. The highest BCUT2D eigenvalue weighted by Crippen LogP contribution is 2.40. The van der Waals surface area contributed by atoms with Gasteiger partial charge in [0, 0.05) is 17.1 Å². The van der Waals surface area contributed by atoms with Gasteiger partial charge in [0.2, 0.25) is 0 Å². The summed E-state index contributed by atoms with van der Waals surface area (Å²) >= 11 is 2.86. The van der Waals surface area contributed by atoms with Crippen LogP contribution in [0.25, 0.3) is 20.4 Å². The number of hydrogen-bond donors (Lipinski definition) is 4. The number of carbonyl (C=O) groups excluding carboxylic acids is 1. The maximum Gasteiger partial charge on any atom is 0.305 e. The molecule has 166 valence electrons. The van der Waals surface area contributed by atoms with Gasteiger partial charge in [0.1, 0.15) is 22.6 Å². The second-order valence-electron chi connectivity index (χ2n) is 8.63. The number of aliphatic hydroxyl groups is 1. The highest BCUT2D eigenvalue weighted by molar-refractivity contribution is 7.19. The van der Waals surface area contributed by atoms with Crippen molar-refractivity contribution in [3.63, 3.8) is 0 Å². The zero-order valence-corrected chi connectivity index (χ0v) is 19.3. The van der Waals surface area contributed by atoms with Crippen molar-refractivity contribution in [2.45, 2.75) is 38.7 Å². The van der Waals surface area contributed by atoms with Crippen LogP contribution in [-0.2, 0) is 17.6 Å². The summed E-state index contributed by atoms with van der Waals surface area (Å²) in [6.45, 7) is 3.54. The average molecular weight is 470 g/mol. The molecule has 5 rings (SSSR count). The summed E-state index contributed by atoms with van der Waals surface area (Å²) in [5, 5.41) is 17.2. The molecule has 1 aliphatic rings. The molecular weight excluding hydrogens is 446 g/mol. The van der Waals surface area contributed by atoms with E-state index in [2.05, 4.69) is 25.6 Å². The number of carbonyl (C=O) groups is 1. The first-order valence-electron chi connectivity index (χ1n) is 10.4. The van der Waals surface area contributed by atoms with Crippen molar-refractivity contribution in [2.75, 3.05) is 11.9 Å². The molecule has 1 amide bonds. The summed E-state index contributed by atoms with van der Waals surface area (Å²) in [6, 6.07) is 5.77. The van der Waals surface area contributed by atoms with Gasteiger partial charge >= 0.3 is 4.87 Å². The minimum Gasteiger partial charge on any atom is -0.381 e. The van der Waals surface area contributed by atoms with Crippen LogP contribution in [0, 0.1) is 5.92 Å². The number of fused-ring (bicyclic) bond motifs is 4. The Kier molecular flexibility index (Phi) is 5.23. The van der Waals surface area contributed by atoms with Crippen LogP contribution in [0.15, 0.2) is 29.3 Å². The molecule has 1 atom stereocenters. The van der Waals surface area contributed by atoms with Gasteiger partial charge in [-0.05, 0) is 62.8 Å². The molecule has 0 unspecified atom stereocenters. The van der Waals surface area contributed by atoms with E-state index in [-0.39, 0.29) is 10.8 Å². The number of nitrogens with zero attached hydrogens (tertiary/aromatic N) is 2. The molecule has 1 aliphatic carbocycles. The number of rotatable bonds is 5. The number of H-pyrrole nitrogens is 1. The second kappa shape index (κ2) is 7.95. The Labute approximate surface area is 191 Å². The number of anilines is 2. The summed E-state index contributed by atoms with van der Waals surface area (Å²) < 4.78 is 0.897. The van der Waals surface area contributed by atoms with E-state index in [4.69, 9.17) is 0 Å². The number of nitrogens with one attached hydrogen (secondary N) is 3. The van der Waals surface area contributed by atoms with Gasteiger partial charge in [-0.1, -0.05) is 11.3 Å². The Morgan fingerprint density at radius 1 is 1.31 bits per heavy atom. The SMILES string of the molecule is CC(C)(O)C(=O)NC[C@@H]1CCc2c(sc3ncnc(Nc4ccc5[nH]c(=O)sc5c4)c23)C1. The molecule has 3 heterocycles. The van der Waals surface area contributed by atoms with E-state index in [0.29, 0.717) is 12.5 Å². The molecule has 0 saturated carbocycles. The topological polar surface area (TPSA) is 120 Å². The van der Waals surface area contributed by atoms with Crippen molar-refractivity contribution in [1.29, 1.82) is 0 Å². The van der Waals surface area contributed by atoms with Gasteiger partial charge in [0.25, 0.3) is 5.91 Å². The lowest BCUT2D eigenvalue weighted by atomic mass is 9.87. The van der Waals surface area contributed by atoms with Crippen LogP contribution in [-0.4, -0.2) is 38.1 Å². The molecule has 1 aromatic carbocycles. The molecule has 0 bridgehead atoms. The third kappa shape index (κ3) is 4.01. The molecule has 0 saturated heterocycles. The van der Waals surface area contributed by atoms with Crippen molar-refractivity contribution < 1.29 is 9.90 Å². The molecule has 0 fully saturated rings. The number of hydrogen-bond acceptors (Lipinski definition) is 8. The molecule has 0 radical (unpaired) electrons. The first-order chi connectivity index (χ1) is 15.3. The summed E-state index contributed by atoms with van der Waals surface area (Å²) in [7, 11) is 0. The quantitative estimate of drug-likeness (QED) is 0.356. The van der Waals surface area contributed by atoms with E-state index in [1.54, 1.807) is 17.7 Å². The predicted molar refractivity (Wildman–Crippen MR) is 128 cm³/mol. The van der Waals surface area contributed by atoms with E-state index < -0.39 is 5.60 Å². The van der Waals surface area contributed by atoms with Crippen LogP contribution in [0.4, 0.5) is 11.5 Å². The summed E-state index contributed by atoms with van der Waals surface area (Å²) in [5.41, 5.74) is 1.60. The largest absolute Gasteiger partial charge is 0.381 e. The lowest BCUT2D eigenvalue weighted by molar-refractivity contribution is -0.136. The monoisotopic (exact) mass is 469 g/mol. The summed E-state index contributed by atoms with van der Waals surface area (Å²) in [4.78, 5) is 37.6. The number of amides is 1. The number of aromatic amines is 1. The Balaban J connectivity index is 1.39. The first-order valence-corrected chi connectivity index (χ1v) is 12.1. The molecule has 32 heavy (non-hydrogen) atoms. The van der Waals surface area contributed by atoms with Gasteiger partial charge in [0.15, 0.2) is 0 Å². The van der Waals surface area contributed by atoms with Crippen LogP contribution in [0.3, 0.4) is 0 Å². The minimum atomic E-state index is -1.37. The van der Waals surface area contributed by atoms with Gasteiger partial charge in [-0.15, -0.1) is 11.3 Å². The van der Waals surface area contributed by atoms with E-state index in [1.807, 2.05) is 18.2 Å². The van der Waals surface area contributed by atoms with E-state index in [0.717, 1.165) is 51.2 Å². The van der Waals surface area contributed by atoms with Crippen molar-refractivity contribution in [3.05, 3.63) is 44.6 Å². The molecule has 0 spiro atoms. The number of aromatic nitrogens is 3. The fourth-order valence-corrected chi connectivity index (χ4v) is 6.14. The van der Waals surface area contributed by atoms with E-state index in [9.17, 15) is 14.7 Å². The highest BCUT2D eigenvalue weighted by atomic mass is 32.1. The molecule has 4 aromatic rings. The molecule has 10 heteroatoms. The number of thiophene rings is 1. The van der Waals surface area contributed by atoms with E-state index in [1.165, 1.54) is 35.6 Å². The highest BCUT2D eigenvalue weighted by Gasteiger charge is 2.28. The third-order valence-corrected chi connectivity index (χ3v) is 7.75. The van der Waals surface area contributed by atoms with Crippen molar-refractivity contribution >= 4 is 60.5 Å². The molecule has 4 N–H and O–H groups in total. The second-order valence-corrected chi connectivity index (χ2v) is 10.7. The summed E-state index contributed by atoms with van der Waals surface area (Å²) in [6.07, 6.45) is 4.27. The normalized spacial score (nSPS) is 16.3. The maximum absolute atomic E-state index is 12.0. The zero-order chi connectivity index (χ0) is 22.5. The maximum atomic E-state index is 12.0. The lowest BCUT2D eigenvalue weighted by Gasteiger charge is -2.24. The fourth-order valence-electron chi connectivity index (χ4n) is 4.06. The Bertz CT molecular complexity index is 1380. The first kappa shape index (κ1) is 21.0. The molecule has 8 nitrogen and oxygen atoms in total. The predicted octanol–water partition coefficient (Wildman–Crippen LogP) is 3.33. The standard InChI is InChI=1S/C22H23N5O3S2/c1-22(2,30)20(28)23-9-11-3-5-13-15(7-11)31-19-17(13)18(24-10-25-19)26-12-4-6-14-16(8-12)32-21(29)27-14/h4,6,8,10-11,30H,3,5,7,9H2,1-2H3,(H,23,28)(H,27,29)(H,24,25,26)/t11-/m1/s1. The molecule has 0 aliphatic heterocycles. The zero-order valence-electron chi connectivity index (χ0n) is 17.7. The van der Waals surface area contributed by atoms with Gasteiger partial charge in [-0.2, -0.15) is 0 Å². The van der Waals surface area contributed by atoms with Crippen LogP contribution in [0.1, 0.15) is 30.7 Å². The van der Waals surface area contributed by atoms with Gasteiger partial charge in [-0.3, -0.25) is 9.59 Å². The lowest BCUT2D eigenvalue weighted by Crippen LogP contribution is -2.44. The average Bonchev–Trinajstić information content (AvgIpc) is 3.30. The molecular formula is C22H23N5O3S2. The minimum absolute atomic E-state index is 0.0678. The van der Waals surface area contributed by atoms with Crippen LogP contribution >= 0.6 is 22.7 Å². The van der Waals surface area contributed by atoms with Crippen molar-refractivity contribution in [1.82, 2.24) is 20.3 Å². The fraction of sp³-hybridized carbons (Fsp3) is 0.364. The Morgan fingerprint density at radius 3 is 2.97 bits per heavy atom. The van der Waals surface area contributed by atoms with E-state index >= 15 is 0 Å². The van der Waals surface area contributed by atoms with Crippen LogP contribution in [0.5, 0.6) is 0 Å². The third-order valence-electron chi connectivity index (χ3n) is 5.74. The number of aryl methyl sites for hydroxylation is 1. The smallest absolute Gasteiger partial charge is 0.305 e. The molecule has 3 aromatic heterocycles. The van der Waals surface area contributed by atoms with Crippen molar-refractivity contribution in [3.8, 4) is 0 Å². The van der Waals surface area contributed by atoms with Crippen molar-refractivity contribution in [2.24, 2.45) is 5.92 Å². The number of benzene rings is 1. The van der Waals surface area contributed by atoms with Gasteiger partial charge in [0.05, 0.1) is 15.6 Å². The Hall–Kier alpha value is -2.82. The van der Waals surface area contributed by atoms with Crippen LogP contribution < -0.4 is 15.5 Å². The summed E-state index contributed by atoms with van der Waals surface area (Å²) in [5.74, 6) is 0.745. The van der Waals surface area contributed by atoms with Gasteiger partial charge in [-0.25, -0.2) is 9.97 Å². The van der Waals surface area contributed by atoms with Crippen LogP contribution in [0.2, 0.25) is 0 Å².